The smallest absolute Gasteiger partial charge is 0.258 e. The molecular weight excluding hydrogens is 568 g/mol. The lowest BCUT2D eigenvalue weighted by Gasteiger charge is -2.31. The van der Waals surface area contributed by atoms with Crippen LogP contribution in [0.5, 0.6) is 5.75 Å². The van der Waals surface area contributed by atoms with Gasteiger partial charge in [0.1, 0.15) is 24.4 Å². The molecule has 1 atom stereocenters. The van der Waals surface area contributed by atoms with E-state index >= 15 is 0 Å². The maximum absolute atomic E-state index is 13.8. The molecule has 2 heterocycles. The Balaban J connectivity index is 1.51. The van der Waals surface area contributed by atoms with Crippen molar-refractivity contribution in [3.05, 3.63) is 77.3 Å². The molecule has 230 valence electrons. The molecule has 0 aliphatic carbocycles. The maximum atomic E-state index is 13.8. The highest BCUT2D eigenvalue weighted by molar-refractivity contribution is 6.31. The number of aryl methyl sites for hydroxylation is 1. The third-order valence-corrected chi connectivity index (χ3v) is 7.98. The highest BCUT2D eigenvalue weighted by Crippen LogP contribution is 2.26. The fourth-order valence-corrected chi connectivity index (χ4v) is 5.39. The van der Waals surface area contributed by atoms with E-state index in [-0.39, 0.29) is 17.7 Å². The summed E-state index contributed by atoms with van der Waals surface area (Å²) in [6.07, 6.45) is 7.62. The summed E-state index contributed by atoms with van der Waals surface area (Å²) in [6.45, 7) is 2.79. The molecule has 0 fully saturated rings. The predicted molar refractivity (Wildman–Crippen MR) is 165 cm³/mol. The maximum Gasteiger partial charge on any atom is 0.258 e. The van der Waals surface area contributed by atoms with E-state index < -0.39 is 6.04 Å². The molecule has 0 radical (unpaired) electrons. The average molecular weight is 609 g/mol. The Morgan fingerprint density at radius 3 is 2.49 bits per heavy atom. The van der Waals surface area contributed by atoms with Crippen LogP contribution in [0.2, 0.25) is 5.02 Å². The highest BCUT2D eigenvalue weighted by Gasteiger charge is 2.31. The van der Waals surface area contributed by atoms with Gasteiger partial charge in [0.2, 0.25) is 11.8 Å². The Kier molecular flexibility index (Phi) is 12.0. The molecular formula is C32H41ClN6O4. The second-order valence-corrected chi connectivity index (χ2v) is 11.4. The van der Waals surface area contributed by atoms with Crippen LogP contribution in [0.1, 0.15) is 54.4 Å². The number of fused-ring (bicyclic) bond motifs is 1. The van der Waals surface area contributed by atoms with Crippen molar-refractivity contribution >= 4 is 29.3 Å². The van der Waals surface area contributed by atoms with Gasteiger partial charge in [0.25, 0.3) is 5.91 Å². The first-order chi connectivity index (χ1) is 20.8. The number of rotatable bonds is 6. The Hall–Kier alpha value is -3.92. The van der Waals surface area contributed by atoms with Crippen molar-refractivity contribution in [1.82, 2.24) is 29.5 Å². The summed E-state index contributed by atoms with van der Waals surface area (Å²) in [5, 5.41) is 4.52. The molecule has 3 amide bonds. The summed E-state index contributed by atoms with van der Waals surface area (Å²) in [5.74, 6) is 0.0612. The zero-order valence-electron chi connectivity index (χ0n) is 25.0. The Morgan fingerprint density at radius 2 is 1.74 bits per heavy atom. The number of halogens is 1. The molecule has 0 unspecified atom stereocenters. The van der Waals surface area contributed by atoms with E-state index in [0.29, 0.717) is 74.8 Å². The van der Waals surface area contributed by atoms with E-state index in [9.17, 15) is 14.4 Å². The van der Waals surface area contributed by atoms with Gasteiger partial charge in [-0.3, -0.25) is 19.1 Å². The molecule has 43 heavy (non-hydrogen) atoms. The Bertz CT molecular complexity index is 1340. The summed E-state index contributed by atoms with van der Waals surface area (Å²) < 4.78 is 7.80. The number of carbonyl (C=O) groups is 3. The quantitative estimate of drug-likeness (QED) is 0.413. The number of benzene rings is 2. The summed E-state index contributed by atoms with van der Waals surface area (Å²) >= 11 is 6.30. The van der Waals surface area contributed by atoms with Crippen LogP contribution < -0.4 is 4.74 Å². The van der Waals surface area contributed by atoms with E-state index in [1.807, 2.05) is 35.2 Å². The SMILES string of the molecule is CN1CCCCN(C(=O)CCCn2cncn2)CCCCOc2ccc(Cl)cc2C(=O)N(C)[C@@H](Cc2ccccc2)C1=O. The van der Waals surface area contributed by atoms with Gasteiger partial charge < -0.3 is 19.4 Å². The predicted octanol–water partition coefficient (Wildman–Crippen LogP) is 4.34. The molecule has 0 saturated carbocycles. The summed E-state index contributed by atoms with van der Waals surface area (Å²) in [4.78, 5) is 49.9. The largest absolute Gasteiger partial charge is 0.493 e. The van der Waals surface area contributed by atoms with Gasteiger partial charge in [-0.05, 0) is 55.9 Å². The first-order valence-electron chi connectivity index (χ1n) is 14.9. The van der Waals surface area contributed by atoms with Crippen molar-refractivity contribution in [1.29, 1.82) is 0 Å². The number of amides is 3. The normalized spacial score (nSPS) is 17.7. The number of nitrogens with zero attached hydrogens (tertiary/aromatic N) is 6. The molecule has 0 bridgehead atoms. The average Bonchev–Trinajstić information content (AvgIpc) is 3.53. The van der Waals surface area contributed by atoms with Crippen LogP contribution >= 0.6 is 11.6 Å². The number of hydrogen-bond acceptors (Lipinski definition) is 6. The number of hydrogen-bond donors (Lipinski definition) is 0. The first kappa shape index (κ1) is 32.0. The van der Waals surface area contributed by atoms with Crippen LogP contribution in [-0.4, -0.2) is 93.6 Å². The zero-order chi connectivity index (χ0) is 30.6. The van der Waals surface area contributed by atoms with E-state index in [4.69, 9.17) is 16.3 Å². The standard InChI is InChI=1S/C32H41ClN6O4/c1-36-16-6-7-17-38(30(40)13-10-19-39-24-34-23-35-39)18-8-9-20-43-29-15-14-26(33)22-27(29)31(41)37(2)28(32(36)42)21-25-11-4-3-5-12-25/h3-5,11-12,14-15,22-24,28H,6-10,13,16-21H2,1-2H3/t28-/m0/s1. The molecule has 0 saturated heterocycles. The van der Waals surface area contributed by atoms with E-state index in [0.717, 1.165) is 24.8 Å². The van der Waals surface area contributed by atoms with Crippen LogP contribution in [0.4, 0.5) is 0 Å². The van der Waals surface area contributed by atoms with Crippen molar-refractivity contribution in [2.75, 3.05) is 40.3 Å². The molecule has 3 aromatic rings. The number of aromatic nitrogens is 3. The summed E-state index contributed by atoms with van der Waals surface area (Å²) in [7, 11) is 3.43. The fourth-order valence-electron chi connectivity index (χ4n) is 5.22. The lowest BCUT2D eigenvalue weighted by molar-refractivity contribution is -0.135. The van der Waals surface area contributed by atoms with Gasteiger partial charge in [-0.25, -0.2) is 4.98 Å². The zero-order valence-corrected chi connectivity index (χ0v) is 25.8. The highest BCUT2D eigenvalue weighted by atomic mass is 35.5. The van der Waals surface area contributed by atoms with Gasteiger partial charge in [-0.1, -0.05) is 41.9 Å². The van der Waals surface area contributed by atoms with Crippen molar-refractivity contribution in [2.24, 2.45) is 0 Å². The Labute approximate surface area is 258 Å². The van der Waals surface area contributed by atoms with Crippen molar-refractivity contribution in [2.45, 2.75) is 57.5 Å². The number of likely N-dealkylation sites (N-methyl/N-ethyl adjacent to an activating group) is 2. The van der Waals surface area contributed by atoms with Gasteiger partial charge in [0.05, 0.1) is 12.2 Å². The summed E-state index contributed by atoms with van der Waals surface area (Å²) in [5.41, 5.74) is 1.28. The van der Waals surface area contributed by atoms with Crippen LogP contribution in [0, 0.1) is 0 Å². The van der Waals surface area contributed by atoms with Crippen LogP contribution in [0.3, 0.4) is 0 Å². The molecule has 0 spiro atoms. The molecule has 0 N–H and O–H groups in total. The lowest BCUT2D eigenvalue weighted by atomic mass is 10.0. The molecule has 1 aliphatic rings. The summed E-state index contributed by atoms with van der Waals surface area (Å²) in [6, 6.07) is 14.0. The lowest BCUT2D eigenvalue weighted by Crippen LogP contribution is -2.49. The second kappa shape index (κ2) is 16.1. The minimum Gasteiger partial charge on any atom is -0.493 e. The molecule has 10 nitrogen and oxygen atoms in total. The van der Waals surface area contributed by atoms with Gasteiger partial charge in [0, 0.05) is 58.1 Å². The van der Waals surface area contributed by atoms with Gasteiger partial charge in [-0.2, -0.15) is 5.10 Å². The van der Waals surface area contributed by atoms with Gasteiger partial charge in [0.15, 0.2) is 0 Å². The van der Waals surface area contributed by atoms with Gasteiger partial charge in [-0.15, -0.1) is 0 Å². The third-order valence-electron chi connectivity index (χ3n) is 7.74. The van der Waals surface area contributed by atoms with Crippen molar-refractivity contribution in [3.63, 3.8) is 0 Å². The van der Waals surface area contributed by atoms with Gasteiger partial charge >= 0.3 is 0 Å². The Morgan fingerprint density at radius 1 is 1.00 bits per heavy atom. The van der Waals surface area contributed by atoms with Crippen LogP contribution in [0.15, 0.2) is 61.2 Å². The third kappa shape index (κ3) is 9.28. The molecule has 11 heteroatoms. The molecule has 1 aliphatic heterocycles. The van der Waals surface area contributed by atoms with Crippen molar-refractivity contribution in [3.8, 4) is 5.75 Å². The van der Waals surface area contributed by atoms with E-state index in [2.05, 4.69) is 10.1 Å². The molecule has 2 aromatic carbocycles. The van der Waals surface area contributed by atoms with Crippen LogP contribution in [-0.2, 0) is 22.6 Å². The number of carbonyl (C=O) groups excluding carboxylic acids is 3. The second-order valence-electron chi connectivity index (χ2n) is 10.9. The topological polar surface area (TPSA) is 101 Å². The van der Waals surface area contributed by atoms with E-state index in [1.54, 1.807) is 48.2 Å². The van der Waals surface area contributed by atoms with E-state index in [1.165, 1.54) is 11.2 Å². The molecule has 4 rings (SSSR count). The van der Waals surface area contributed by atoms with Crippen LogP contribution in [0.25, 0.3) is 0 Å². The fraction of sp³-hybridized carbons (Fsp3) is 0.469. The minimum absolute atomic E-state index is 0.110. The number of ether oxygens (including phenoxy) is 1. The minimum atomic E-state index is -0.717. The first-order valence-corrected chi connectivity index (χ1v) is 15.3. The monoisotopic (exact) mass is 608 g/mol. The molecule has 1 aromatic heterocycles. The van der Waals surface area contributed by atoms with Crippen molar-refractivity contribution < 1.29 is 19.1 Å².